The van der Waals surface area contributed by atoms with Gasteiger partial charge in [-0.3, -0.25) is 9.59 Å². The van der Waals surface area contributed by atoms with Crippen molar-refractivity contribution in [1.82, 2.24) is 10.2 Å². The van der Waals surface area contributed by atoms with Gasteiger partial charge in [0, 0.05) is 18.0 Å². The van der Waals surface area contributed by atoms with Crippen LogP contribution in [0.1, 0.15) is 33.2 Å². The highest BCUT2D eigenvalue weighted by Crippen LogP contribution is 2.28. The van der Waals surface area contributed by atoms with Crippen molar-refractivity contribution in [3.8, 4) is 5.75 Å². The molecule has 0 spiro atoms. The second kappa shape index (κ2) is 12.2. The fraction of sp³-hybridized carbons (Fsp3) is 0.200. The van der Waals surface area contributed by atoms with Gasteiger partial charge in [-0.1, -0.05) is 72.8 Å². The Balaban J connectivity index is 1.71. The number of nitrogens with one attached hydrogen (secondary N) is 1. The van der Waals surface area contributed by atoms with Crippen LogP contribution in [0.5, 0.6) is 5.75 Å². The monoisotopic (exact) mass is 498 g/mol. The summed E-state index contributed by atoms with van der Waals surface area (Å²) in [5.74, 6) is 0.387. The number of carbonyl (C=O) groups excluding carboxylic acids is 2. The minimum Gasteiger partial charge on any atom is -0.497 e. The Bertz CT molecular complexity index is 1290. The van der Waals surface area contributed by atoms with Gasteiger partial charge < -0.3 is 15.0 Å². The zero-order valence-corrected chi connectivity index (χ0v) is 21.3. The third-order valence-corrected chi connectivity index (χ3v) is 6.94. The van der Waals surface area contributed by atoms with Crippen LogP contribution in [-0.2, 0) is 29.1 Å². The molecule has 0 saturated heterocycles. The topological polar surface area (TPSA) is 58.6 Å². The molecule has 3 aromatic carbocycles. The Hall–Kier alpha value is -3.90. The van der Waals surface area contributed by atoms with Crippen LogP contribution in [0.4, 0.5) is 0 Å². The second-order valence-corrected chi connectivity index (χ2v) is 9.62. The molecule has 1 aromatic heterocycles. The summed E-state index contributed by atoms with van der Waals surface area (Å²) in [5.41, 5.74) is 3.66. The highest BCUT2D eigenvalue weighted by atomic mass is 32.1. The first-order chi connectivity index (χ1) is 17.5. The van der Waals surface area contributed by atoms with Crippen LogP contribution in [0.25, 0.3) is 0 Å². The van der Waals surface area contributed by atoms with Gasteiger partial charge in [-0.2, -0.15) is 0 Å². The van der Waals surface area contributed by atoms with Crippen molar-refractivity contribution in [2.75, 3.05) is 7.11 Å². The minimum absolute atomic E-state index is 0.108. The van der Waals surface area contributed by atoms with E-state index in [9.17, 15) is 9.59 Å². The number of aryl methyl sites for hydroxylation is 1. The SMILES string of the molecule is COc1cccc(CN(C(=O)Cc2cccs2)[C@@H](C(=O)NCc2ccccc2)c2ccccc2C)c1. The van der Waals surface area contributed by atoms with Crippen molar-refractivity contribution in [2.45, 2.75) is 32.5 Å². The average Bonchev–Trinajstić information content (AvgIpc) is 3.42. The van der Waals surface area contributed by atoms with Crippen molar-refractivity contribution < 1.29 is 14.3 Å². The van der Waals surface area contributed by atoms with E-state index in [1.165, 1.54) is 11.3 Å². The maximum Gasteiger partial charge on any atom is 0.247 e. The molecule has 1 atom stereocenters. The van der Waals surface area contributed by atoms with Crippen LogP contribution in [0.2, 0.25) is 0 Å². The Kier molecular flexibility index (Phi) is 8.53. The summed E-state index contributed by atoms with van der Waals surface area (Å²) in [5, 5.41) is 5.03. The molecule has 184 valence electrons. The molecule has 0 aliphatic heterocycles. The molecule has 0 aliphatic carbocycles. The second-order valence-electron chi connectivity index (χ2n) is 8.59. The van der Waals surface area contributed by atoms with Crippen LogP contribution in [0.15, 0.2) is 96.4 Å². The third-order valence-electron chi connectivity index (χ3n) is 6.07. The number of ether oxygens (including phenoxy) is 1. The van der Waals surface area contributed by atoms with Crippen LogP contribution < -0.4 is 10.1 Å². The van der Waals surface area contributed by atoms with Crippen molar-refractivity contribution in [3.05, 3.63) is 124 Å². The van der Waals surface area contributed by atoms with Gasteiger partial charge in [0.15, 0.2) is 0 Å². The van der Waals surface area contributed by atoms with Gasteiger partial charge in [0.1, 0.15) is 11.8 Å². The lowest BCUT2D eigenvalue weighted by Crippen LogP contribution is -2.44. The zero-order valence-electron chi connectivity index (χ0n) is 20.5. The van der Waals surface area contributed by atoms with Gasteiger partial charge in [0.05, 0.1) is 13.5 Å². The van der Waals surface area contributed by atoms with E-state index in [1.54, 1.807) is 12.0 Å². The lowest BCUT2D eigenvalue weighted by Gasteiger charge is -2.32. The molecule has 4 aromatic rings. The Labute approximate surface area is 216 Å². The number of rotatable bonds is 10. The quantitative estimate of drug-likeness (QED) is 0.305. The molecule has 0 unspecified atom stereocenters. The van der Waals surface area contributed by atoms with E-state index >= 15 is 0 Å². The fourth-order valence-electron chi connectivity index (χ4n) is 4.18. The average molecular weight is 499 g/mol. The first-order valence-electron chi connectivity index (χ1n) is 11.9. The predicted molar refractivity (Wildman–Crippen MR) is 144 cm³/mol. The number of amides is 2. The van der Waals surface area contributed by atoms with Gasteiger partial charge in [-0.05, 0) is 52.8 Å². The van der Waals surface area contributed by atoms with Crippen molar-refractivity contribution in [3.63, 3.8) is 0 Å². The minimum atomic E-state index is -0.784. The Morgan fingerprint density at radius 1 is 0.917 bits per heavy atom. The molecule has 0 aliphatic rings. The maximum absolute atomic E-state index is 13.8. The van der Waals surface area contributed by atoms with Gasteiger partial charge in [-0.25, -0.2) is 0 Å². The number of carbonyl (C=O) groups is 2. The highest BCUT2D eigenvalue weighted by molar-refractivity contribution is 7.10. The van der Waals surface area contributed by atoms with Gasteiger partial charge >= 0.3 is 0 Å². The van der Waals surface area contributed by atoms with E-state index in [2.05, 4.69) is 5.32 Å². The van der Waals surface area contributed by atoms with E-state index < -0.39 is 6.04 Å². The summed E-state index contributed by atoms with van der Waals surface area (Å²) in [6.45, 7) is 2.63. The lowest BCUT2D eigenvalue weighted by molar-refractivity contribution is -0.141. The van der Waals surface area contributed by atoms with E-state index in [0.717, 1.165) is 27.1 Å². The Morgan fingerprint density at radius 3 is 2.39 bits per heavy atom. The van der Waals surface area contributed by atoms with Crippen LogP contribution >= 0.6 is 11.3 Å². The number of benzene rings is 3. The van der Waals surface area contributed by atoms with E-state index in [0.29, 0.717) is 12.3 Å². The largest absolute Gasteiger partial charge is 0.497 e. The maximum atomic E-state index is 13.8. The molecule has 0 fully saturated rings. The normalized spacial score (nSPS) is 11.5. The molecule has 5 nitrogen and oxygen atoms in total. The molecule has 0 radical (unpaired) electrons. The lowest BCUT2D eigenvalue weighted by atomic mass is 9.97. The number of thiophene rings is 1. The third kappa shape index (κ3) is 6.40. The van der Waals surface area contributed by atoms with E-state index in [4.69, 9.17) is 4.74 Å². The molecular weight excluding hydrogens is 468 g/mol. The smallest absolute Gasteiger partial charge is 0.247 e. The summed E-state index contributed by atoms with van der Waals surface area (Å²) in [4.78, 5) is 30.3. The molecule has 36 heavy (non-hydrogen) atoms. The molecule has 2 amide bonds. The van der Waals surface area contributed by atoms with Crippen LogP contribution in [-0.4, -0.2) is 23.8 Å². The molecular formula is C30H30N2O3S. The standard InChI is InChI=1S/C30H30N2O3S/c1-22-10-6-7-16-27(22)29(30(34)31-20-23-11-4-3-5-12-23)32(28(33)19-26-15-9-17-36-26)21-24-13-8-14-25(18-24)35-2/h3-18,29H,19-21H2,1-2H3,(H,31,34)/t29-/m1/s1. The number of nitrogens with zero attached hydrogens (tertiary/aromatic N) is 1. The molecule has 0 saturated carbocycles. The summed E-state index contributed by atoms with van der Waals surface area (Å²) < 4.78 is 5.40. The number of hydrogen-bond acceptors (Lipinski definition) is 4. The molecule has 6 heteroatoms. The fourth-order valence-corrected chi connectivity index (χ4v) is 4.88. The van der Waals surface area contributed by atoms with E-state index in [1.807, 2.05) is 103 Å². The summed E-state index contributed by atoms with van der Waals surface area (Å²) in [7, 11) is 1.62. The van der Waals surface area contributed by atoms with Gasteiger partial charge in [0.25, 0.3) is 0 Å². The summed E-state index contributed by atoms with van der Waals surface area (Å²) in [6, 6.07) is 28.3. The molecule has 1 heterocycles. The van der Waals surface area contributed by atoms with Gasteiger partial charge in [0.2, 0.25) is 11.8 Å². The van der Waals surface area contributed by atoms with E-state index in [-0.39, 0.29) is 24.8 Å². The van der Waals surface area contributed by atoms with Crippen molar-refractivity contribution in [2.24, 2.45) is 0 Å². The molecule has 4 rings (SSSR count). The molecule has 0 bridgehead atoms. The first kappa shape index (κ1) is 25.2. The van der Waals surface area contributed by atoms with Crippen molar-refractivity contribution >= 4 is 23.2 Å². The summed E-state index contributed by atoms with van der Waals surface area (Å²) >= 11 is 1.54. The molecule has 1 N–H and O–H groups in total. The highest BCUT2D eigenvalue weighted by Gasteiger charge is 2.32. The Morgan fingerprint density at radius 2 is 1.67 bits per heavy atom. The zero-order chi connectivity index (χ0) is 25.3. The first-order valence-corrected chi connectivity index (χ1v) is 12.7. The predicted octanol–water partition coefficient (Wildman–Crippen LogP) is 5.69. The number of methoxy groups -OCH3 is 1. The van der Waals surface area contributed by atoms with Crippen molar-refractivity contribution in [1.29, 1.82) is 0 Å². The van der Waals surface area contributed by atoms with Crippen LogP contribution in [0, 0.1) is 6.92 Å². The number of hydrogen-bond donors (Lipinski definition) is 1. The van der Waals surface area contributed by atoms with Gasteiger partial charge in [-0.15, -0.1) is 11.3 Å². The van der Waals surface area contributed by atoms with Crippen LogP contribution in [0.3, 0.4) is 0 Å². The summed E-state index contributed by atoms with van der Waals surface area (Å²) in [6.07, 6.45) is 0.232.